The molecular weight excluding hydrogens is 303 g/mol. The summed E-state index contributed by atoms with van der Waals surface area (Å²) in [6, 6.07) is 9.29. The minimum Gasteiger partial charge on any atom is -0.487 e. The maximum absolute atomic E-state index is 13.7. The van der Waals surface area contributed by atoms with Crippen molar-refractivity contribution in [2.24, 2.45) is 0 Å². The molecule has 0 aliphatic carbocycles. The van der Waals surface area contributed by atoms with Gasteiger partial charge in [-0.25, -0.2) is 4.39 Å². The smallest absolute Gasteiger partial charge is 0.149 e. The van der Waals surface area contributed by atoms with Gasteiger partial charge in [0.2, 0.25) is 0 Å². The molecule has 1 fully saturated rings. The van der Waals surface area contributed by atoms with Crippen molar-refractivity contribution >= 4 is 11.6 Å². The number of hydrogen-bond donors (Lipinski definition) is 1. The maximum Gasteiger partial charge on any atom is 0.149 e. The molecule has 0 saturated carbocycles. The Kier molecular flexibility index (Phi) is 4.90. The minimum absolute atomic E-state index is 0.0959. The lowest BCUT2D eigenvalue weighted by molar-refractivity contribution is 0.293. The average Bonchev–Trinajstić information content (AvgIpc) is 2.55. The molecule has 2 aromatic rings. The number of hydrogen-bond acceptors (Lipinski definition) is 3. The average molecular weight is 321 g/mol. The van der Waals surface area contributed by atoms with Crippen LogP contribution in [0, 0.1) is 5.82 Å². The molecule has 1 aliphatic heterocycles. The molecule has 22 heavy (non-hydrogen) atoms. The summed E-state index contributed by atoms with van der Waals surface area (Å²) in [5.74, 6) is 0.865. The molecule has 0 atom stereocenters. The summed E-state index contributed by atoms with van der Waals surface area (Å²) in [6.45, 7) is 2.20. The van der Waals surface area contributed by atoms with Crippen LogP contribution < -0.4 is 10.1 Å². The number of halogens is 2. The first kappa shape index (κ1) is 15.3. The number of pyridine rings is 1. The molecule has 1 aliphatic rings. The van der Waals surface area contributed by atoms with E-state index in [0.717, 1.165) is 31.7 Å². The number of benzene rings is 1. The summed E-state index contributed by atoms with van der Waals surface area (Å²) < 4.78 is 19.4. The normalized spacial score (nSPS) is 15.7. The highest BCUT2D eigenvalue weighted by Gasteiger charge is 2.15. The van der Waals surface area contributed by atoms with E-state index >= 15 is 0 Å². The SMILES string of the molecule is Fc1cc(Cl)cnc1COc1cccc(C2CCNCC2)c1. The third-order valence-electron chi connectivity index (χ3n) is 3.93. The Morgan fingerprint density at radius 3 is 2.86 bits per heavy atom. The van der Waals surface area contributed by atoms with Crippen molar-refractivity contribution in [1.29, 1.82) is 0 Å². The van der Waals surface area contributed by atoms with Crippen LogP contribution in [0.2, 0.25) is 5.02 Å². The van der Waals surface area contributed by atoms with Crippen LogP contribution >= 0.6 is 11.6 Å². The Morgan fingerprint density at radius 2 is 2.09 bits per heavy atom. The van der Waals surface area contributed by atoms with Gasteiger partial charge in [-0.2, -0.15) is 0 Å². The van der Waals surface area contributed by atoms with Crippen molar-refractivity contribution in [2.75, 3.05) is 13.1 Å². The zero-order valence-corrected chi connectivity index (χ0v) is 12.9. The van der Waals surface area contributed by atoms with E-state index < -0.39 is 5.82 Å². The van der Waals surface area contributed by atoms with Gasteiger partial charge < -0.3 is 10.1 Å². The van der Waals surface area contributed by atoms with Gasteiger partial charge in [0, 0.05) is 6.20 Å². The highest BCUT2D eigenvalue weighted by molar-refractivity contribution is 6.30. The highest BCUT2D eigenvalue weighted by atomic mass is 35.5. The Morgan fingerprint density at radius 1 is 1.27 bits per heavy atom. The lowest BCUT2D eigenvalue weighted by Crippen LogP contribution is -2.26. The van der Waals surface area contributed by atoms with Gasteiger partial charge in [-0.1, -0.05) is 23.7 Å². The molecule has 1 N–H and O–H groups in total. The summed E-state index contributed by atoms with van der Waals surface area (Å²) in [6.07, 6.45) is 3.70. The highest BCUT2D eigenvalue weighted by Crippen LogP contribution is 2.28. The van der Waals surface area contributed by atoms with Crippen LogP contribution in [0.25, 0.3) is 0 Å². The second kappa shape index (κ2) is 7.07. The quantitative estimate of drug-likeness (QED) is 0.927. The molecule has 2 heterocycles. The van der Waals surface area contributed by atoms with E-state index in [1.807, 2.05) is 18.2 Å². The summed E-state index contributed by atoms with van der Waals surface area (Å²) in [4.78, 5) is 3.96. The van der Waals surface area contributed by atoms with Crippen molar-refractivity contribution < 1.29 is 9.13 Å². The minimum atomic E-state index is -0.443. The Balaban J connectivity index is 1.67. The van der Waals surface area contributed by atoms with Gasteiger partial charge in [-0.3, -0.25) is 4.98 Å². The van der Waals surface area contributed by atoms with Gasteiger partial charge in [0.25, 0.3) is 0 Å². The zero-order valence-electron chi connectivity index (χ0n) is 12.2. The van der Waals surface area contributed by atoms with Gasteiger partial charge in [0.15, 0.2) is 0 Å². The number of piperidine rings is 1. The molecule has 0 spiro atoms. The summed E-state index contributed by atoms with van der Waals surface area (Å²) in [5, 5.41) is 3.65. The largest absolute Gasteiger partial charge is 0.487 e. The van der Waals surface area contributed by atoms with E-state index in [0.29, 0.717) is 5.92 Å². The fourth-order valence-corrected chi connectivity index (χ4v) is 2.86. The van der Waals surface area contributed by atoms with Crippen molar-refractivity contribution in [3.8, 4) is 5.75 Å². The second-order valence-electron chi connectivity index (χ2n) is 5.47. The molecule has 3 nitrogen and oxygen atoms in total. The number of nitrogens with one attached hydrogen (secondary N) is 1. The molecule has 5 heteroatoms. The van der Waals surface area contributed by atoms with Crippen LogP contribution in [-0.2, 0) is 6.61 Å². The summed E-state index contributed by atoms with van der Waals surface area (Å²) >= 11 is 5.69. The fraction of sp³-hybridized carbons (Fsp3) is 0.353. The van der Waals surface area contributed by atoms with E-state index in [2.05, 4.69) is 16.4 Å². The van der Waals surface area contributed by atoms with Crippen LogP contribution in [0.4, 0.5) is 4.39 Å². The molecule has 0 radical (unpaired) electrons. The zero-order chi connectivity index (χ0) is 15.4. The third kappa shape index (κ3) is 3.76. The summed E-state index contributed by atoms with van der Waals surface area (Å²) in [7, 11) is 0. The number of ether oxygens (including phenoxy) is 1. The Hall–Kier alpha value is -1.65. The number of aromatic nitrogens is 1. The number of nitrogens with zero attached hydrogens (tertiary/aromatic N) is 1. The molecule has 0 bridgehead atoms. The topological polar surface area (TPSA) is 34.1 Å². The van der Waals surface area contributed by atoms with Gasteiger partial charge in [0.05, 0.1) is 5.02 Å². The van der Waals surface area contributed by atoms with Gasteiger partial charge in [0.1, 0.15) is 23.9 Å². The standard InChI is InChI=1S/C17H18ClFN2O/c18-14-9-16(19)17(21-10-14)11-22-15-3-1-2-13(8-15)12-4-6-20-7-5-12/h1-3,8-10,12,20H,4-7,11H2. The Labute approximate surface area is 134 Å². The molecular formula is C17H18ClFN2O. The van der Waals surface area contributed by atoms with Gasteiger partial charge >= 0.3 is 0 Å². The van der Waals surface area contributed by atoms with E-state index in [-0.39, 0.29) is 17.3 Å². The predicted molar refractivity (Wildman–Crippen MR) is 84.8 cm³/mol. The van der Waals surface area contributed by atoms with Gasteiger partial charge in [-0.15, -0.1) is 0 Å². The van der Waals surface area contributed by atoms with Gasteiger partial charge in [-0.05, 0) is 55.6 Å². The van der Waals surface area contributed by atoms with Crippen LogP contribution in [-0.4, -0.2) is 18.1 Å². The monoisotopic (exact) mass is 320 g/mol. The van der Waals surface area contributed by atoms with E-state index in [4.69, 9.17) is 16.3 Å². The van der Waals surface area contributed by atoms with Crippen molar-refractivity contribution in [3.63, 3.8) is 0 Å². The molecule has 116 valence electrons. The molecule has 1 saturated heterocycles. The molecule has 0 unspecified atom stereocenters. The first-order valence-electron chi connectivity index (χ1n) is 7.46. The lowest BCUT2D eigenvalue weighted by Gasteiger charge is -2.23. The predicted octanol–water partition coefficient (Wildman–Crippen LogP) is 3.92. The fourth-order valence-electron chi connectivity index (χ4n) is 2.71. The summed E-state index contributed by atoms with van der Waals surface area (Å²) in [5.41, 5.74) is 1.54. The molecule has 1 aromatic heterocycles. The maximum atomic E-state index is 13.7. The Bertz CT molecular complexity index is 644. The van der Waals surface area contributed by atoms with E-state index in [1.54, 1.807) is 0 Å². The third-order valence-corrected chi connectivity index (χ3v) is 4.13. The number of rotatable bonds is 4. The van der Waals surface area contributed by atoms with Crippen LogP contribution in [0.1, 0.15) is 30.0 Å². The van der Waals surface area contributed by atoms with Crippen molar-refractivity contribution in [2.45, 2.75) is 25.4 Å². The van der Waals surface area contributed by atoms with Crippen LogP contribution in [0.3, 0.4) is 0 Å². The first-order chi connectivity index (χ1) is 10.7. The molecule has 1 aromatic carbocycles. The first-order valence-corrected chi connectivity index (χ1v) is 7.83. The van der Waals surface area contributed by atoms with E-state index in [9.17, 15) is 4.39 Å². The van der Waals surface area contributed by atoms with Crippen LogP contribution in [0.15, 0.2) is 36.5 Å². The van der Waals surface area contributed by atoms with E-state index in [1.165, 1.54) is 17.8 Å². The second-order valence-corrected chi connectivity index (χ2v) is 5.90. The molecule has 3 rings (SSSR count). The molecule has 0 amide bonds. The van der Waals surface area contributed by atoms with Crippen LogP contribution in [0.5, 0.6) is 5.75 Å². The van der Waals surface area contributed by atoms with Crippen molar-refractivity contribution in [3.05, 3.63) is 58.6 Å². The lowest BCUT2D eigenvalue weighted by atomic mass is 9.90. The van der Waals surface area contributed by atoms with Crippen molar-refractivity contribution in [1.82, 2.24) is 10.3 Å².